The lowest BCUT2D eigenvalue weighted by molar-refractivity contribution is 0.878. The molecule has 0 spiro atoms. The van der Waals surface area contributed by atoms with Gasteiger partial charge in [0.05, 0.1) is 15.5 Å². The molecule has 0 amide bonds. The highest BCUT2D eigenvalue weighted by Crippen LogP contribution is 2.27. The van der Waals surface area contributed by atoms with Gasteiger partial charge in [-0.2, -0.15) is 11.3 Å². The van der Waals surface area contributed by atoms with Gasteiger partial charge in [0.2, 0.25) is 0 Å². The van der Waals surface area contributed by atoms with Crippen LogP contribution in [0.4, 0.5) is 5.82 Å². The molecule has 2 heterocycles. The van der Waals surface area contributed by atoms with Crippen molar-refractivity contribution in [3.8, 4) is 0 Å². The van der Waals surface area contributed by atoms with E-state index in [1.807, 2.05) is 6.07 Å². The summed E-state index contributed by atoms with van der Waals surface area (Å²) in [4.78, 5) is 4.24. The van der Waals surface area contributed by atoms with Gasteiger partial charge in [-0.15, -0.1) is 0 Å². The molecule has 0 aliphatic carbocycles. The molecule has 16 heavy (non-hydrogen) atoms. The molecular weight excluding hydrogens is 308 g/mol. The van der Waals surface area contributed by atoms with E-state index in [0.717, 1.165) is 10.3 Å². The molecule has 2 rings (SSSR count). The second-order valence-electron chi connectivity index (χ2n) is 3.41. The van der Waals surface area contributed by atoms with Gasteiger partial charge in [-0.1, -0.05) is 11.6 Å². The monoisotopic (exact) mass is 316 g/mol. The molecule has 0 saturated carbocycles. The first-order valence-corrected chi connectivity index (χ1v) is 6.88. The molecular formula is C11H10BrClN2S. The Balaban J connectivity index is 2.15. The highest BCUT2D eigenvalue weighted by Gasteiger charge is 2.08. The topological polar surface area (TPSA) is 24.9 Å². The fraction of sp³-hybridized carbons (Fsp3) is 0.182. The normalized spacial score (nSPS) is 12.4. The smallest absolute Gasteiger partial charge is 0.140 e. The van der Waals surface area contributed by atoms with Gasteiger partial charge in [0.25, 0.3) is 0 Å². The van der Waals surface area contributed by atoms with Crippen LogP contribution in [0.2, 0.25) is 5.02 Å². The van der Waals surface area contributed by atoms with Crippen LogP contribution in [0.3, 0.4) is 0 Å². The summed E-state index contributed by atoms with van der Waals surface area (Å²) in [5.74, 6) is 0.808. The molecule has 0 saturated heterocycles. The molecule has 1 atom stereocenters. The maximum Gasteiger partial charge on any atom is 0.140 e. The molecule has 1 N–H and O–H groups in total. The third kappa shape index (κ3) is 2.75. The molecule has 2 aromatic rings. The summed E-state index contributed by atoms with van der Waals surface area (Å²) >= 11 is 11.0. The molecule has 84 valence electrons. The number of rotatable bonds is 3. The van der Waals surface area contributed by atoms with E-state index in [0.29, 0.717) is 5.02 Å². The van der Waals surface area contributed by atoms with Gasteiger partial charge < -0.3 is 5.32 Å². The zero-order chi connectivity index (χ0) is 11.5. The molecule has 5 heteroatoms. The molecule has 2 aromatic heterocycles. The molecule has 0 bridgehead atoms. The quantitative estimate of drug-likeness (QED) is 0.885. The molecule has 2 nitrogen and oxygen atoms in total. The van der Waals surface area contributed by atoms with Gasteiger partial charge in [-0.05, 0) is 51.3 Å². The van der Waals surface area contributed by atoms with Crippen LogP contribution in [-0.4, -0.2) is 4.98 Å². The Labute approximate surface area is 112 Å². The van der Waals surface area contributed by atoms with Crippen molar-refractivity contribution in [3.05, 3.63) is 44.1 Å². The van der Waals surface area contributed by atoms with E-state index in [1.54, 1.807) is 17.5 Å². The van der Waals surface area contributed by atoms with Crippen LogP contribution < -0.4 is 5.32 Å². The summed E-state index contributed by atoms with van der Waals surface area (Å²) in [6, 6.07) is 4.17. The van der Waals surface area contributed by atoms with E-state index >= 15 is 0 Å². The molecule has 0 radical (unpaired) electrons. The summed E-state index contributed by atoms with van der Waals surface area (Å²) in [6.45, 7) is 2.10. The van der Waals surface area contributed by atoms with Crippen LogP contribution in [-0.2, 0) is 0 Å². The highest BCUT2D eigenvalue weighted by molar-refractivity contribution is 9.10. The van der Waals surface area contributed by atoms with E-state index in [1.165, 1.54) is 5.56 Å². The summed E-state index contributed by atoms with van der Waals surface area (Å²) in [5.41, 5.74) is 1.26. The maximum atomic E-state index is 5.83. The number of hydrogen-bond donors (Lipinski definition) is 1. The number of thiophene rings is 1. The fourth-order valence-electron chi connectivity index (χ4n) is 1.33. The van der Waals surface area contributed by atoms with Gasteiger partial charge in [0, 0.05) is 6.20 Å². The van der Waals surface area contributed by atoms with Crippen molar-refractivity contribution in [2.24, 2.45) is 0 Å². The largest absolute Gasteiger partial charge is 0.363 e. The van der Waals surface area contributed by atoms with E-state index < -0.39 is 0 Å². The minimum absolute atomic E-state index is 0.233. The SMILES string of the molecule is CC(Nc1ncc(Cl)cc1Br)c1ccsc1. The summed E-state index contributed by atoms with van der Waals surface area (Å²) in [5, 5.41) is 8.15. The Morgan fingerprint density at radius 3 is 3.00 bits per heavy atom. The zero-order valence-electron chi connectivity index (χ0n) is 8.58. The molecule has 0 fully saturated rings. The van der Waals surface area contributed by atoms with E-state index in [2.05, 4.69) is 50.0 Å². The average Bonchev–Trinajstić information content (AvgIpc) is 2.75. The first-order chi connectivity index (χ1) is 7.66. The Morgan fingerprint density at radius 1 is 1.56 bits per heavy atom. The fourth-order valence-corrected chi connectivity index (χ4v) is 2.84. The van der Waals surface area contributed by atoms with Crippen molar-refractivity contribution in [2.45, 2.75) is 13.0 Å². The Hall–Kier alpha value is -0.580. The van der Waals surface area contributed by atoms with Crippen molar-refractivity contribution in [2.75, 3.05) is 5.32 Å². The Bertz CT molecular complexity index is 473. The number of pyridine rings is 1. The van der Waals surface area contributed by atoms with Crippen LogP contribution in [0.5, 0.6) is 0 Å². The van der Waals surface area contributed by atoms with Crippen molar-refractivity contribution in [1.82, 2.24) is 4.98 Å². The lowest BCUT2D eigenvalue weighted by Crippen LogP contribution is -2.07. The Morgan fingerprint density at radius 2 is 2.38 bits per heavy atom. The highest BCUT2D eigenvalue weighted by atomic mass is 79.9. The lowest BCUT2D eigenvalue weighted by Gasteiger charge is -2.14. The number of nitrogens with one attached hydrogen (secondary N) is 1. The van der Waals surface area contributed by atoms with Crippen molar-refractivity contribution in [1.29, 1.82) is 0 Å². The number of hydrogen-bond acceptors (Lipinski definition) is 3. The van der Waals surface area contributed by atoms with Gasteiger partial charge in [0.1, 0.15) is 5.82 Å². The first-order valence-electron chi connectivity index (χ1n) is 4.76. The molecule has 1 unspecified atom stereocenters. The average molecular weight is 318 g/mol. The third-order valence-corrected chi connectivity index (χ3v) is 3.72. The minimum Gasteiger partial charge on any atom is -0.363 e. The summed E-state index contributed by atoms with van der Waals surface area (Å²) < 4.78 is 0.877. The van der Waals surface area contributed by atoms with E-state index in [4.69, 9.17) is 11.6 Å². The Kier molecular flexibility index (Phi) is 3.84. The first kappa shape index (κ1) is 11.9. The van der Waals surface area contributed by atoms with Crippen molar-refractivity contribution in [3.63, 3.8) is 0 Å². The van der Waals surface area contributed by atoms with Gasteiger partial charge in [0.15, 0.2) is 0 Å². The standard InChI is InChI=1S/C11H10BrClN2S/c1-7(8-2-3-16-6-8)15-11-10(12)4-9(13)5-14-11/h2-7H,1H3,(H,14,15). The lowest BCUT2D eigenvalue weighted by atomic mass is 10.2. The van der Waals surface area contributed by atoms with Crippen LogP contribution in [0, 0.1) is 0 Å². The molecule has 0 aliphatic rings. The maximum absolute atomic E-state index is 5.83. The number of anilines is 1. The van der Waals surface area contributed by atoms with Gasteiger partial charge in [-0.25, -0.2) is 4.98 Å². The minimum atomic E-state index is 0.233. The number of nitrogens with zero attached hydrogens (tertiary/aromatic N) is 1. The second kappa shape index (κ2) is 5.17. The number of aromatic nitrogens is 1. The predicted octanol–water partition coefficient (Wildman–Crippen LogP) is 4.73. The molecule has 0 aromatic carbocycles. The van der Waals surface area contributed by atoms with Crippen LogP contribution in [0.1, 0.15) is 18.5 Å². The summed E-state index contributed by atoms with van der Waals surface area (Å²) in [7, 11) is 0. The van der Waals surface area contributed by atoms with Gasteiger partial charge >= 0.3 is 0 Å². The van der Waals surface area contributed by atoms with Crippen LogP contribution in [0.15, 0.2) is 33.6 Å². The predicted molar refractivity (Wildman–Crippen MR) is 73.3 cm³/mol. The summed E-state index contributed by atoms with van der Waals surface area (Å²) in [6.07, 6.45) is 1.63. The molecule has 0 aliphatic heterocycles. The van der Waals surface area contributed by atoms with E-state index in [-0.39, 0.29) is 6.04 Å². The van der Waals surface area contributed by atoms with Gasteiger partial charge in [-0.3, -0.25) is 0 Å². The van der Waals surface area contributed by atoms with Crippen molar-refractivity contribution >= 4 is 44.7 Å². The van der Waals surface area contributed by atoms with Crippen LogP contribution >= 0.6 is 38.9 Å². The van der Waals surface area contributed by atoms with E-state index in [9.17, 15) is 0 Å². The second-order valence-corrected chi connectivity index (χ2v) is 5.48. The number of halogens is 2. The van der Waals surface area contributed by atoms with Crippen LogP contribution in [0.25, 0.3) is 0 Å². The van der Waals surface area contributed by atoms with Crippen molar-refractivity contribution < 1.29 is 0 Å². The third-order valence-electron chi connectivity index (χ3n) is 2.20. The zero-order valence-corrected chi connectivity index (χ0v) is 11.7.